The number of nitrogens with zero attached hydrogens (tertiary/aromatic N) is 4. The third-order valence-electron chi connectivity index (χ3n) is 12.2. The quantitative estimate of drug-likeness (QED) is 0.179. The maximum Gasteiger partial charge on any atom is 0.238 e. The van der Waals surface area contributed by atoms with Gasteiger partial charge in [-0.25, -0.2) is 4.98 Å². The molecule has 0 saturated carbocycles. The molecule has 5 nitrogen and oxygen atoms in total. The van der Waals surface area contributed by atoms with Crippen molar-refractivity contribution in [2.24, 2.45) is 0 Å². The van der Waals surface area contributed by atoms with Gasteiger partial charge in [-0.15, -0.1) is 0 Å². The molecule has 0 amide bonds. The standard InChI is InChI=1S/C55H32N4O/c1-2-13-35-27-40(22-21-33(35)11-1)42-18-9-10-20-44(42)54-56-53(41-24-26-50-45(30-41)46-28-36-14-4-6-17-39(36)32-51(46)60-50)57-55(58-54)59-48-25-23-34-12-7-8-19-43(34)52(48)47-29-37-15-3-5-16-38(37)31-49(47)59/h1-32H. The van der Waals surface area contributed by atoms with E-state index >= 15 is 0 Å². The van der Waals surface area contributed by atoms with Gasteiger partial charge in [0.05, 0.1) is 11.0 Å². The molecule has 0 N–H and O–H groups in total. The van der Waals surface area contributed by atoms with Crippen molar-refractivity contribution in [3.05, 3.63) is 194 Å². The van der Waals surface area contributed by atoms with Crippen LogP contribution in [-0.2, 0) is 0 Å². The lowest BCUT2D eigenvalue weighted by Gasteiger charge is -2.14. The number of fused-ring (bicyclic) bond motifs is 11. The lowest BCUT2D eigenvalue weighted by Crippen LogP contribution is -2.07. The van der Waals surface area contributed by atoms with Crippen LogP contribution in [0.4, 0.5) is 0 Å². The Balaban J connectivity index is 1.11. The third-order valence-corrected chi connectivity index (χ3v) is 12.2. The summed E-state index contributed by atoms with van der Waals surface area (Å²) in [7, 11) is 0. The predicted molar refractivity (Wildman–Crippen MR) is 248 cm³/mol. The minimum Gasteiger partial charge on any atom is -0.456 e. The summed E-state index contributed by atoms with van der Waals surface area (Å²) in [5.41, 5.74) is 7.70. The number of hydrogen-bond acceptors (Lipinski definition) is 4. The lowest BCUT2D eigenvalue weighted by atomic mass is 9.96. The molecule has 3 aromatic heterocycles. The van der Waals surface area contributed by atoms with E-state index in [1.165, 1.54) is 37.7 Å². The summed E-state index contributed by atoms with van der Waals surface area (Å²) in [4.78, 5) is 16.2. The molecule has 278 valence electrons. The minimum atomic E-state index is 0.553. The van der Waals surface area contributed by atoms with E-state index in [2.05, 4.69) is 193 Å². The van der Waals surface area contributed by atoms with Gasteiger partial charge >= 0.3 is 0 Å². The van der Waals surface area contributed by atoms with E-state index in [9.17, 15) is 0 Å². The minimum absolute atomic E-state index is 0.553. The van der Waals surface area contributed by atoms with Gasteiger partial charge in [0.15, 0.2) is 11.6 Å². The molecule has 0 aliphatic carbocycles. The number of aromatic nitrogens is 4. The second-order valence-electron chi connectivity index (χ2n) is 15.6. The van der Waals surface area contributed by atoms with Gasteiger partial charge in [0.1, 0.15) is 11.2 Å². The monoisotopic (exact) mass is 764 g/mol. The summed E-state index contributed by atoms with van der Waals surface area (Å²) in [6.45, 7) is 0. The average Bonchev–Trinajstić information content (AvgIpc) is 3.83. The molecule has 0 fully saturated rings. The Bertz CT molecular complexity index is 3910. The van der Waals surface area contributed by atoms with E-state index in [0.717, 1.165) is 71.4 Å². The summed E-state index contributed by atoms with van der Waals surface area (Å²) < 4.78 is 8.66. The first-order valence-corrected chi connectivity index (χ1v) is 20.3. The van der Waals surface area contributed by atoms with Crippen LogP contribution >= 0.6 is 0 Å². The van der Waals surface area contributed by atoms with Gasteiger partial charge in [-0.3, -0.25) is 4.57 Å². The van der Waals surface area contributed by atoms with E-state index in [0.29, 0.717) is 17.6 Å². The third kappa shape index (κ3) is 5.03. The molecule has 60 heavy (non-hydrogen) atoms. The molecule has 0 unspecified atom stereocenters. The second-order valence-corrected chi connectivity index (χ2v) is 15.6. The Kier molecular flexibility index (Phi) is 6.95. The molecule has 0 saturated heterocycles. The van der Waals surface area contributed by atoms with Crippen LogP contribution in [0.15, 0.2) is 199 Å². The molecular formula is C55H32N4O. The zero-order valence-electron chi connectivity index (χ0n) is 32.2. The van der Waals surface area contributed by atoms with Crippen molar-refractivity contribution in [1.29, 1.82) is 0 Å². The average molecular weight is 765 g/mol. The van der Waals surface area contributed by atoms with E-state index in [4.69, 9.17) is 19.4 Å². The van der Waals surface area contributed by atoms with Gasteiger partial charge in [-0.2, -0.15) is 9.97 Å². The molecule has 0 aliphatic heterocycles. The van der Waals surface area contributed by atoms with E-state index in [-0.39, 0.29) is 0 Å². The molecule has 0 aliphatic rings. The van der Waals surface area contributed by atoms with Crippen LogP contribution in [0.25, 0.3) is 127 Å². The largest absolute Gasteiger partial charge is 0.456 e. The number of furan rings is 1. The molecule has 0 spiro atoms. The van der Waals surface area contributed by atoms with Gasteiger partial charge in [-0.1, -0.05) is 140 Å². The first kappa shape index (κ1) is 32.9. The van der Waals surface area contributed by atoms with Crippen LogP contribution in [0.1, 0.15) is 0 Å². The number of benzene rings is 10. The van der Waals surface area contributed by atoms with Crippen molar-refractivity contribution in [2.75, 3.05) is 0 Å². The molecule has 13 aromatic rings. The highest BCUT2D eigenvalue weighted by atomic mass is 16.3. The topological polar surface area (TPSA) is 56.7 Å². The summed E-state index contributed by atoms with van der Waals surface area (Å²) in [6.07, 6.45) is 0. The molecule has 10 aromatic carbocycles. The van der Waals surface area contributed by atoms with Crippen molar-refractivity contribution in [1.82, 2.24) is 19.5 Å². The highest BCUT2D eigenvalue weighted by Gasteiger charge is 2.22. The van der Waals surface area contributed by atoms with Crippen LogP contribution in [0.2, 0.25) is 0 Å². The fourth-order valence-corrected chi connectivity index (χ4v) is 9.29. The first-order valence-electron chi connectivity index (χ1n) is 20.3. The maximum atomic E-state index is 6.43. The Morgan fingerprint density at radius 3 is 1.72 bits per heavy atom. The predicted octanol–water partition coefficient (Wildman–Crippen LogP) is 14.5. The lowest BCUT2D eigenvalue weighted by molar-refractivity contribution is 0.669. The van der Waals surface area contributed by atoms with Gasteiger partial charge < -0.3 is 4.42 Å². The zero-order valence-corrected chi connectivity index (χ0v) is 32.2. The summed E-state index contributed by atoms with van der Waals surface area (Å²) >= 11 is 0. The van der Waals surface area contributed by atoms with Crippen molar-refractivity contribution in [3.63, 3.8) is 0 Å². The Hall–Kier alpha value is -8.15. The van der Waals surface area contributed by atoms with Crippen LogP contribution in [0.5, 0.6) is 0 Å². The molecule has 13 rings (SSSR count). The highest BCUT2D eigenvalue weighted by Crippen LogP contribution is 2.41. The Morgan fingerprint density at radius 2 is 0.917 bits per heavy atom. The van der Waals surface area contributed by atoms with Gasteiger partial charge in [0.2, 0.25) is 5.95 Å². The molecule has 3 heterocycles. The van der Waals surface area contributed by atoms with Crippen molar-refractivity contribution in [3.8, 4) is 39.9 Å². The molecule has 0 bridgehead atoms. The molecule has 5 heteroatoms. The van der Waals surface area contributed by atoms with Crippen LogP contribution in [-0.4, -0.2) is 19.5 Å². The van der Waals surface area contributed by atoms with Crippen molar-refractivity contribution < 1.29 is 4.42 Å². The van der Waals surface area contributed by atoms with Crippen LogP contribution in [0.3, 0.4) is 0 Å². The van der Waals surface area contributed by atoms with Crippen LogP contribution in [0, 0.1) is 0 Å². The van der Waals surface area contributed by atoms with Crippen LogP contribution < -0.4 is 0 Å². The van der Waals surface area contributed by atoms with Gasteiger partial charge in [0.25, 0.3) is 0 Å². The van der Waals surface area contributed by atoms with E-state index < -0.39 is 0 Å². The summed E-state index contributed by atoms with van der Waals surface area (Å²) in [6, 6.07) is 68.7. The Labute approximate surface area is 343 Å². The van der Waals surface area contributed by atoms with E-state index in [1.807, 2.05) is 6.07 Å². The first-order chi connectivity index (χ1) is 29.7. The molecule has 0 radical (unpaired) electrons. The Morgan fingerprint density at radius 1 is 0.333 bits per heavy atom. The molecular weight excluding hydrogens is 733 g/mol. The fourth-order valence-electron chi connectivity index (χ4n) is 9.29. The summed E-state index contributed by atoms with van der Waals surface area (Å²) in [5, 5.41) is 13.8. The highest BCUT2D eigenvalue weighted by molar-refractivity contribution is 6.23. The maximum absolute atomic E-state index is 6.43. The zero-order chi connectivity index (χ0) is 39.3. The van der Waals surface area contributed by atoms with Crippen molar-refractivity contribution >= 4 is 86.8 Å². The fraction of sp³-hybridized carbons (Fsp3) is 0. The normalized spacial score (nSPS) is 12.0. The van der Waals surface area contributed by atoms with Gasteiger partial charge in [0, 0.05) is 32.7 Å². The van der Waals surface area contributed by atoms with Crippen molar-refractivity contribution in [2.45, 2.75) is 0 Å². The number of rotatable bonds is 4. The molecule has 0 atom stereocenters. The van der Waals surface area contributed by atoms with E-state index in [1.54, 1.807) is 0 Å². The van der Waals surface area contributed by atoms with Gasteiger partial charge in [-0.05, 0) is 109 Å². The SMILES string of the molecule is c1ccc(-c2nc(-c3ccc4oc5cc6ccccc6cc5c4c3)nc(-n3c4cc5ccccc5cc4c4c5ccccc5ccc43)n2)c(-c2ccc3ccccc3c2)c1. The smallest absolute Gasteiger partial charge is 0.238 e. The number of hydrogen-bond donors (Lipinski definition) is 0. The second kappa shape index (κ2) is 12.7. The summed E-state index contributed by atoms with van der Waals surface area (Å²) in [5.74, 6) is 1.73.